The summed E-state index contributed by atoms with van der Waals surface area (Å²) in [4.78, 5) is 12.9. The molecule has 1 heterocycles. The number of rotatable bonds is 2. The minimum atomic E-state index is 0.339. The van der Waals surface area contributed by atoms with Gasteiger partial charge in [0.25, 0.3) is 0 Å². The SMILES string of the molecule is CCN1CCC[C@H](C=O)CC1. The zero-order valence-electron chi connectivity index (χ0n) is 7.25. The van der Waals surface area contributed by atoms with E-state index < -0.39 is 0 Å². The van der Waals surface area contributed by atoms with Crippen molar-refractivity contribution in [2.45, 2.75) is 26.2 Å². The summed E-state index contributed by atoms with van der Waals surface area (Å²) in [6, 6.07) is 0. The van der Waals surface area contributed by atoms with E-state index in [1.54, 1.807) is 0 Å². The molecule has 0 aromatic heterocycles. The molecule has 1 fully saturated rings. The molecule has 0 aliphatic carbocycles. The van der Waals surface area contributed by atoms with Crippen molar-refractivity contribution in [3.05, 3.63) is 0 Å². The van der Waals surface area contributed by atoms with E-state index in [9.17, 15) is 4.79 Å². The van der Waals surface area contributed by atoms with Crippen LogP contribution in [0.25, 0.3) is 0 Å². The molecule has 0 amide bonds. The molecular weight excluding hydrogens is 138 g/mol. The molecule has 1 aliphatic heterocycles. The van der Waals surface area contributed by atoms with E-state index in [4.69, 9.17) is 0 Å². The molecule has 0 bridgehead atoms. The maximum absolute atomic E-state index is 10.5. The monoisotopic (exact) mass is 155 g/mol. The van der Waals surface area contributed by atoms with Crippen LogP contribution in [0.4, 0.5) is 0 Å². The maximum atomic E-state index is 10.5. The summed E-state index contributed by atoms with van der Waals surface area (Å²) in [6.45, 7) is 5.60. The molecule has 64 valence electrons. The molecule has 0 radical (unpaired) electrons. The van der Waals surface area contributed by atoms with Gasteiger partial charge in [0, 0.05) is 5.92 Å². The third kappa shape index (κ3) is 2.62. The molecule has 0 unspecified atom stereocenters. The molecule has 11 heavy (non-hydrogen) atoms. The van der Waals surface area contributed by atoms with Gasteiger partial charge >= 0.3 is 0 Å². The Hall–Kier alpha value is -0.370. The largest absolute Gasteiger partial charge is 0.304 e. The first kappa shape index (κ1) is 8.72. The van der Waals surface area contributed by atoms with E-state index in [2.05, 4.69) is 11.8 Å². The second-order valence-electron chi connectivity index (χ2n) is 3.26. The van der Waals surface area contributed by atoms with Crippen LogP contribution in [0.5, 0.6) is 0 Å². The van der Waals surface area contributed by atoms with E-state index in [1.165, 1.54) is 13.0 Å². The lowest BCUT2D eigenvalue weighted by Crippen LogP contribution is -2.24. The summed E-state index contributed by atoms with van der Waals surface area (Å²) in [5.41, 5.74) is 0. The summed E-state index contributed by atoms with van der Waals surface area (Å²) >= 11 is 0. The third-order valence-electron chi connectivity index (χ3n) is 2.51. The quantitative estimate of drug-likeness (QED) is 0.560. The van der Waals surface area contributed by atoms with Gasteiger partial charge in [0.15, 0.2) is 0 Å². The van der Waals surface area contributed by atoms with E-state index in [-0.39, 0.29) is 0 Å². The highest BCUT2D eigenvalue weighted by atomic mass is 16.1. The first-order valence-corrected chi connectivity index (χ1v) is 4.54. The van der Waals surface area contributed by atoms with Gasteiger partial charge in [-0.25, -0.2) is 0 Å². The van der Waals surface area contributed by atoms with Gasteiger partial charge < -0.3 is 9.69 Å². The molecule has 0 saturated carbocycles. The molecule has 2 nitrogen and oxygen atoms in total. The van der Waals surface area contributed by atoms with Crippen molar-refractivity contribution in [2.24, 2.45) is 5.92 Å². The smallest absolute Gasteiger partial charge is 0.123 e. The fraction of sp³-hybridized carbons (Fsp3) is 0.889. The lowest BCUT2D eigenvalue weighted by Gasteiger charge is -2.16. The summed E-state index contributed by atoms with van der Waals surface area (Å²) in [5.74, 6) is 0.339. The molecule has 0 spiro atoms. The van der Waals surface area contributed by atoms with Gasteiger partial charge in [-0.1, -0.05) is 6.92 Å². The number of likely N-dealkylation sites (tertiary alicyclic amines) is 1. The molecule has 1 atom stereocenters. The average Bonchev–Trinajstić information content (AvgIpc) is 2.28. The van der Waals surface area contributed by atoms with Crippen LogP contribution in [0.1, 0.15) is 26.2 Å². The van der Waals surface area contributed by atoms with Crippen LogP contribution in [0, 0.1) is 5.92 Å². The standard InChI is InChI=1S/C9H17NO/c1-2-10-6-3-4-9(8-11)5-7-10/h8-9H,2-7H2,1H3/t9-/m0/s1. The van der Waals surface area contributed by atoms with Gasteiger partial charge in [0.2, 0.25) is 0 Å². The second kappa shape index (κ2) is 4.50. The van der Waals surface area contributed by atoms with E-state index in [1.807, 2.05) is 0 Å². The van der Waals surface area contributed by atoms with Crippen molar-refractivity contribution in [1.29, 1.82) is 0 Å². The van der Waals surface area contributed by atoms with E-state index >= 15 is 0 Å². The van der Waals surface area contributed by atoms with Gasteiger partial charge in [-0.3, -0.25) is 0 Å². The topological polar surface area (TPSA) is 20.3 Å². The van der Waals surface area contributed by atoms with Crippen molar-refractivity contribution >= 4 is 6.29 Å². The van der Waals surface area contributed by atoms with Gasteiger partial charge in [-0.2, -0.15) is 0 Å². The van der Waals surface area contributed by atoms with Crippen molar-refractivity contribution in [1.82, 2.24) is 4.90 Å². The molecular formula is C9H17NO. The van der Waals surface area contributed by atoms with Gasteiger partial charge in [0.05, 0.1) is 0 Å². The Labute approximate surface area is 68.6 Å². The van der Waals surface area contributed by atoms with Crippen LogP contribution in [0.15, 0.2) is 0 Å². The normalized spacial score (nSPS) is 27.9. The van der Waals surface area contributed by atoms with Crippen LogP contribution in [-0.2, 0) is 4.79 Å². The van der Waals surface area contributed by atoms with Gasteiger partial charge in [-0.05, 0) is 38.9 Å². The number of carbonyl (C=O) groups excluding carboxylic acids is 1. The fourth-order valence-corrected chi connectivity index (χ4v) is 1.63. The first-order chi connectivity index (χ1) is 5.36. The van der Waals surface area contributed by atoms with Crippen molar-refractivity contribution in [3.63, 3.8) is 0 Å². The number of aldehydes is 1. The van der Waals surface area contributed by atoms with Crippen LogP contribution in [0.3, 0.4) is 0 Å². The summed E-state index contributed by atoms with van der Waals surface area (Å²) in [7, 11) is 0. The fourth-order valence-electron chi connectivity index (χ4n) is 1.63. The number of nitrogens with zero attached hydrogens (tertiary/aromatic N) is 1. The highest BCUT2D eigenvalue weighted by Gasteiger charge is 2.14. The minimum Gasteiger partial charge on any atom is -0.304 e. The van der Waals surface area contributed by atoms with Crippen LogP contribution >= 0.6 is 0 Å². The van der Waals surface area contributed by atoms with Crippen molar-refractivity contribution in [2.75, 3.05) is 19.6 Å². The zero-order valence-corrected chi connectivity index (χ0v) is 7.25. The summed E-state index contributed by atoms with van der Waals surface area (Å²) < 4.78 is 0. The number of carbonyl (C=O) groups is 1. The second-order valence-corrected chi connectivity index (χ2v) is 3.26. The first-order valence-electron chi connectivity index (χ1n) is 4.54. The Morgan fingerprint density at radius 2 is 2.27 bits per heavy atom. The predicted molar refractivity (Wildman–Crippen MR) is 45.5 cm³/mol. The molecule has 0 aromatic carbocycles. The van der Waals surface area contributed by atoms with E-state index in [0.717, 1.165) is 32.2 Å². The van der Waals surface area contributed by atoms with Crippen LogP contribution in [0.2, 0.25) is 0 Å². The molecule has 1 rings (SSSR count). The summed E-state index contributed by atoms with van der Waals surface area (Å²) in [6.07, 6.45) is 4.48. The Bertz CT molecular complexity index is 125. The lowest BCUT2D eigenvalue weighted by molar-refractivity contribution is -0.111. The Morgan fingerprint density at radius 3 is 2.91 bits per heavy atom. The van der Waals surface area contributed by atoms with Crippen LogP contribution < -0.4 is 0 Å². The molecule has 1 saturated heterocycles. The molecule has 2 heteroatoms. The lowest BCUT2D eigenvalue weighted by atomic mass is 10.0. The number of hydrogen-bond donors (Lipinski definition) is 0. The Kier molecular flexibility index (Phi) is 3.57. The predicted octanol–water partition coefficient (Wildman–Crippen LogP) is 1.31. The molecule has 0 N–H and O–H groups in total. The third-order valence-corrected chi connectivity index (χ3v) is 2.51. The summed E-state index contributed by atoms with van der Waals surface area (Å²) in [5, 5.41) is 0. The maximum Gasteiger partial charge on any atom is 0.123 e. The Morgan fingerprint density at radius 1 is 1.45 bits per heavy atom. The zero-order chi connectivity index (χ0) is 8.10. The van der Waals surface area contributed by atoms with Crippen molar-refractivity contribution in [3.8, 4) is 0 Å². The highest BCUT2D eigenvalue weighted by molar-refractivity contribution is 5.53. The van der Waals surface area contributed by atoms with E-state index in [0.29, 0.717) is 5.92 Å². The van der Waals surface area contributed by atoms with Crippen LogP contribution in [-0.4, -0.2) is 30.8 Å². The highest BCUT2D eigenvalue weighted by Crippen LogP contribution is 2.14. The van der Waals surface area contributed by atoms with Crippen molar-refractivity contribution < 1.29 is 4.79 Å². The molecule has 0 aromatic rings. The molecule has 1 aliphatic rings. The number of hydrogen-bond acceptors (Lipinski definition) is 2. The van der Waals surface area contributed by atoms with Gasteiger partial charge in [0.1, 0.15) is 6.29 Å². The minimum absolute atomic E-state index is 0.339. The van der Waals surface area contributed by atoms with Gasteiger partial charge in [-0.15, -0.1) is 0 Å². The average molecular weight is 155 g/mol. The Balaban J connectivity index is 2.32.